The maximum absolute atomic E-state index is 12.2. The third-order valence-electron chi connectivity index (χ3n) is 5.72. The topological polar surface area (TPSA) is 62.2 Å². The first kappa shape index (κ1) is 19.0. The molecule has 0 bridgehead atoms. The molecule has 6 nitrogen and oxygen atoms in total. The largest absolute Gasteiger partial charge is 0.496 e. The van der Waals surface area contributed by atoms with Crippen LogP contribution in [-0.2, 0) is 4.79 Å². The highest BCUT2D eigenvalue weighted by molar-refractivity contribution is 5.78. The van der Waals surface area contributed by atoms with E-state index in [1.165, 1.54) is 25.9 Å². The second-order valence-corrected chi connectivity index (χ2v) is 7.33. The number of carbonyl (C=O) groups is 1. The van der Waals surface area contributed by atoms with Crippen molar-refractivity contribution in [3.05, 3.63) is 23.3 Å². The Morgan fingerprint density at radius 1 is 1.08 bits per heavy atom. The molecule has 0 aliphatic carbocycles. The van der Waals surface area contributed by atoms with Crippen LogP contribution in [0.3, 0.4) is 0 Å². The van der Waals surface area contributed by atoms with E-state index in [1.54, 1.807) is 14.2 Å². The number of nitrogens with zero attached hydrogens (tertiary/aromatic N) is 2. The predicted molar refractivity (Wildman–Crippen MR) is 100 cm³/mol. The smallest absolute Gasteiger partial charge is 0.325 e. The van der Waals surface area contributed by atoms with Crippen LogP contribution in [0.2, 0.25) is 0 Å². The van der Waals surface area contributed by atoms with Gasteiger partial charge in [-0.1, -0.05) is 0 Å². The molecule has 3 rings (SSSR count). The minimum Gasteiger partial charge on any atom is -0.496 e. The van der Waals surface area contributed by atoms with Crippen LogP contribution in [0.4, 0.5) is 0 Å². The molecule has 1 aromatic rings. The fourth-order valence-corrected chi connectivity index (χ4v) is 4.42. The van der Waals surface area contributed by atoms with Gasteiger partial charge in [-0.25, -0.2) is 0 Å². The number of aryl methyl sites for hydroxylation is 1. The number of methoxy groups -OCH3 is 2. The summed E-state index contributed by atoms with van der Waals surface area (Å²) in [6.07, 6.45) is 4.60. The van der Waals surface area contributed by atoms with Crippen LogP contribution in [-0.4, -0.2) is 67.3 Å². The van der Waals surface area contributed by atoms with Crippen LogP contribution in [0.1, 0.15) is 42.9 Å². The molecule has 1 N–H and O–H groups in total. The highest BCUT2D eigenvalue weighted by Crippen LogP contribution is 2.39. The van der Waals surface area contributed by atoms with Gasteiger partial charge in [-0.05, 0) is 63.4 Å². The van der Waals surface area contributed by atoms with Crippen molar-refractivity contribution in [3.63, 3.8) is 0 Å². The van der Waals surface area contributed by atoms with Gasteiger partial charge in [0.25, 0.3) is 0 Å². The summed E-state index contributed by atoms with van der Waals surface area (Å²) in [7, 11) is 3.16. The van der Waals surface area contributed by atoms with Crippen molar-refractivity contribution in [2.45, 2.75) is 44.7 Å². The van der Waals surface area contributed by atoms with Gasteiger partial charge in [0.1, 0.15) is 17.5 Å². The average Bonchev–Trinajstić information content (AvgIpc) is 3.17. The van der Waals surface area contributed by atoms with Crippen LogP contribution in [0.5, 0.6) is 11.5 Å². The lowest BCUT2D eigenvalue weighted by atomic mass is 9.96. The Kier molecular flexibility index (Phi) is 6.04. The van der Waals surface area contributed by atoms with Crippen molar-refractivity contribution in [2.75, 3.05) is 40.4 Å². The van der Waals surface area contributed by atoms with Crippen LogP contribution >= 0.6 is 0 Å². The number of ether oxygens (including phenoxy) is 2. The van der Waals surface area contributed by atoms with Crippen molar-refractivity contribution in [1.29, 1.82) is 0 Å². The van der Waals surface area contributed by atoms with Gasteiger partial charge in [-0.3, -0.25) is 9.69 Å². The Morgan fingerprint density at radius 2 is 1.62 bits per heavy atom. The molecule has 26 heavy (non-hydrogen) atoms. The van der Waals surface area contributed by atoms with Crippen molar-refractivity contribution in [1.82, 2.24) is 9.80 Å². The Balaban J connectivity index is 1.83. The Labute approximate surface area is 155 Å². The number of aliphatic carboxylic acids is 1. The van der Waals surface area contributed by atoms with Gasteiger partial charge in [0, 0.05) is 19.1 Å². The fourth-order valence-electron chi connectivity index (χ4n) is 4.42. The zero-order valence-electron chi connectivity index (χ0n) is 16.0. The van der Waals surface area contributed by atoms with Gasteiger partial charge in [-0.2, -0.15) is 0 Å². The van der Waals surface area contributed by atoms with Crippen molar-refractivity contribution in [3.8, 4) is 11.5 Å². The zero-order chi connectivity index (χ0) is 18.7. The zero-order valence-corrected chi connectivity index (χ0v) is 16.0. The number of carboxylic acids is 1. The van der Waals surface area contributed by atoms with E-state index in [2.05, 4.69) is 9.80 Å². The highest BCUT2D eigenvalue weighted by atomic mass is 16.5. The summed E-state index contributed by atoms with van der Waals surface area (Å²) in [6, 6.07) is 3.60. The van der Waals surface area contributed by atoms with E-state index >= 15 is 0 Å². The van der Waals surface area contributed by atoms with E-state index < -0.39 is 12.0 Å². The number of hydrogen-bond acceptors (Lipinski definition) is 5. The van der Waals surface area contributed by atoms with Crippen LogP contribution in [0.25, 0.3) is 0 Å². The van der Waals surface area contributed by atoms with Gasteiger partial charge in [0.2, 0.25) is 0 Å². The molecule has 0 spiro atoms. The number of rotatable bonds is 6. The summed E-state index contributed by atoms with van der Waals surface area (Å²) >= 11 is 0. The summed E-state index contributed by atoms with van der Waals surface area (Å²) in [5.74, 6) is 0.303. The quantitative estimate of drug-likeness (QED) is 0.840. The third kappa shape index (κ3) is 3.81. The standard InChI is InChI=1S/C20H30N2O4/c1-14-12-16(25-2)18(17(13-14)26-3)19(20(23)24)22-10-6-15(7-11-22)21-8-4-5-9-21/h12-13,15,19H,4-11H2,1-3H3,(H,23,24)/t19-/m0/s1. The normalized spacial score (nSPS) is 20.9. The van der Waals surface area contributed by atoms with Gasteiger partial charge in [-0.15, -0.1) is 0 Å². The first-order valence-electron chi connectivity index (χ1n) is 9.48. The van der Waals surface area contributed by atoms with Gasteiger partial charge < -0.3 is 19.5 Å². The molecule has 0 unspecified atom stereocenters. The number of hydrogen-bond donors (Lipinski definition) is 1. The summed E-state index contributed by atoms with van der Waals surface area (Å²) in [6.45, 7) is 5.88. The van der Waals surface area contributed by atoms with E-state index in [1.807, 2.05) is 19.1 Å². The Hall–Kier alpha value is -1.79. The molecule has 6 heteroatoms. The lowest BCUT2D eigenvalue weighted by Crippen LogP contribution is -2.46. The molecule has 2 saturated heterocycles. The Bertz CT molecular complexity index is 610. The van der Waals surface area contributed by atoms with Crippen LogP contribution in [0.15, 0.2) is 12.1 Å². The molecule has 2 aliphatic rings. The fraction of sp³-hybridized carbons (Fsp3) is 0.650. The maximum Gasteiger partial charge on any atom is 0.325 e. The molecule has 2 fully saturated rings. The molecule has 0 radical (unpaired) electrons. The number of carboxylic acid groups (broad SMARTS) is 1. The summed E-state index contributed by atoms with van der Waals surface area (Å²) in [5, 5.41) is 10.0. The first-order chi connectivity index (χ1) is 12.5. The third-order valence-corrected chi connectivity index (χ3v) is 5.72. The molecule has 0 aromatic heterocycles. The molecule has 0 saturated carbocycles. The SMILES string of the molecule is COc1cc(C)cc(OC)c1[C@@H](C(=O)O)N1CCC(N2CCCC2)CC1. The summed E-state index contributed by atoms with van der Waals surface area (Å²) in [5.41, 5.74) is 1.60. The molecule has 1 atom stereocenters. The predicted octanol–water partition coefficient (Wildman–Crippen LogP) is 2.70. The van der Waals surface area contributed by atoms with Gasteiger partial charge in [0.15, 0.2) is 0 Å². The molecule has 2 heterocycles. The number of benzene rings is 1. The van der Waals surface area contributed by atoms with Crippen molar-refractivity contribution < 1.29 is 19.4 Å². The van der Waals surface area contributed by atoms with E-state index in [4.69, 9.17) is 9.47 Å². The van der Waals surface area contributed by atoms with E-state index in [9.17, 15) is 9.90 Å². The second-order valence-electron chi connectivity index (χ2n) is 7.33. The highest BCUT2D eigenvalue weighted by Gasteiger charge is 2.36. The van der Waals surface area contributed by atoms with Gasteiger partial charge in [0.05, 0.1) is 19.8 Å². The molecular formula is C20H30N2O4. The minimum absolute atomic E-state index is 0.580. The van der Waals surface area contributed by atoms with E-state index in [0.717, 1.165) is 31.5 Å². The van der Waals surface area contributed by atoms with Crippen LogP contribution < -0.4 is 9.47 Å². The molecule has 0 amide bonds. The van der Waals surface area contributed by atoms with Crippen molar-refractivity contribution in [2.24, 2.45) is 0 Å². The second kappa shape index (κ2) is 8.27. The van der Waals surface area contributed by atoms with E-state index in [-0.39, 0.29) is 0 Å². The van der Waals surface area contributed by atoms with Crippen LogP contribution in [0, 0.1) is 6.92 Å². The first-order valence-corrected chi connectivity index (χ1v) is 9.48. The number of piperidine rings is 1. The minimum atomic E-state index is -0.856. The summed E-state index contributed by atoms with van der Waals surface area (Å²) in [4.78, 5) is 16.8. The Morgan fingerprint density at radius 3 is 2.08 bits per heavy atom. The monoisotopic (exact) mass is 362 g/mol. The lowest BCUT2D eigenvalue weighted by Gasteiger charge is -2.39. The van der Waals surface area contributed by atoms with Crippen molar-refractivity contribution >= 4 is 5.97 Å². The van der Waals surface area contributed by atoms with E-state index in [0.29, 0.717) is 23.1 Å². The number of likely N-dealkylation sites (tertiary alicyclic amines) is 2. The molecule has 2 aliphatic heterocycles. The summed E-state index contributed by atoms with van der Waals surface area (Å²) < 4.78 is 11.0. The molecular weight excluding hydrogens is 332 g/mol. The average molecular weight is 362 g/mol. The molecule has 1 aromatic carbocycles. The maximum atomic E-state index is 12.2. The lowest BCUT2D eigenvalue weighted by molar-refractivity contribution is -0.144. The van der Waals surface area contributed by atoms with Gasteiger partial charge >= 0.3 is 5.97 Å². The molecule has 144 valence electrons.